The van der Waals surface area contributed by atoms with Crippen LogP contribution >= 0.6 is 0 Å². The SMILES string of the molecule is Cc1ccc(-n2c3ccccc3c3ccc(C4CCc5c(n(-c6ccc(-c7nc(-c8ccccc8)cc(-c8ccccc8)n7)cc6)c6ccccc56)C4)cc32)cc1. The van der Waals surface area contributed by atoms with Crippen LogP contribution in [0.4, 0.5) is 0 Å². The van der Waals surface area contributed by atoms with Gasteiger partial charge in [0, 0.05) is 49.9 Å². The molecule has 3 aromatic heterocycles. The maximum atomic E-state index is 5.10. The molecule has 0 aliphatic heterocycles. The van der Waals surface area contributed by atoms with Crippen LogP contribution in [0.25, 0.3) is 78.0 Å². The summed E-state index contributed by atoms with van der Waals surface area (Å²) < 4.78 is 4.96. The molecule has 10 aromatic rings. The third-order valence-corrected chi connectivity index (χ3v) is 12.0. The Balaban J connectivity index is 0.989. The first-order valence-corrected chi connectivity index (χ1v) is 20.0. The number of rotatable bonds is 6. The summed E-state index contributed by atoms with van der Waals surface area (Å²) in [7, 11) is 0. The molecule has 0 saturated carbocycles. The van der Waals surface area contributed by atoms with Gasteiger partial charge in [-0.1, -0.05) is 127 Å². The summed E-state index contributed by atoms with van der Waals surface area (Å²) in [6.45, 7) is 2.15. The van der Waals surface area contributed by atoms with Crippen LogP contribution in [0.3, 0.4) is 0 Å². The average Bonchev–Trinajstić information content (AvgIpc) is 3.79. The van der Waals surface area contributed by atoms with E-state index >= 15 is 0 Å². The summed E-state index contributed by atoms with van der Waals surface area (Å²) >= 11 is 0. The van der Waals surface area contributed by atoms with Gasteiger partial charge in [-0.3, -0.25) is 0 Å². The van der Waals surface area contributed by atoms with Crippen molar-refractivity contribution in [2.24, 2.45) is 0 Å². The van der Waals surface area contributed by atoms with Gasteiger partial charge >= 0.3 is 0 Å². The van der Waals surface area contributed by atoms with Gasteiger partial charge in [0.05, 0.1) is 27.9 Å². The van der Waals surface area contributed by atoms with Crippen molar-refractivity contribution in [2.45, 2.75) is 32.1 Å². The lowest BCUT2D eigenvalue weighted by molar-refractivity contribution is 0.573. The Hall–Kier alpha value is -7.04. The molecule has 11 rings (SSSR count). The van der Waals surface area contributed by atoms with Gasteiger partial charge < -0.3 is 9.13 Å². The van der Waals surface area contributed by atoms with E-state index in [9.17, 15) is 0 Å². The van der Waals surface area contributed by atoms with Crippen molar-refractivity contribution in [1.29, 1.82) is 0 Å². The van der Waals surface area contributed by atoms with E-state index in [1.165, 1.54) is 60.8 Å². The van der Waals surface area contributed by atoms with Crippen molar-refractivity contribution in [1.82, 2.24) is 19.1 Å². The average molecular weight is 733 g/mol. The standard InChI is InChI=1S/C53H40N4/c1-35-20-26-41(27-21-35)56-49-18-10-8-16-43(49)45-30-24-39(32-51(45)56)40-25-31-46-44-17-9-11-19-50(44)57(52(46)33-40)42-28-22-38(23-29-42)53-54-47(36-12-4-2-5-13-36)34-48(55-53)37-14-6-3-7-15-37/h2-24,26-30,32,34,40H,25,31,33H2,1H3. The molecule has 1 aliphatic carbocycles. The van der Waals surface area contributed by atoms with E-state index in [2.05, 4.69) is 186 Å². The number of para-hydroxylation sites is 2. The molecular weight excluding hydrogens is 693 g/mol. The van der Waals surface area contributed by atoms with Gasteiger partial charge in [-0.25, -0.2) is 9.97 Å². The third kappa shape index (κ3) is 5.76. The second-order valence-corrected chi connectivity index (χ2v) is 15.4. The van der Waals surface area contributed by atoms with Crippen LogP contribution in [-0.4, -0.2) is 19.1 Å². The largest absolute Gasteiger partial charge is 0.313 e. The Morgan fingerprint density at radius 2 is 1.04 bits per heavy atom. The summed E-state index contributed by atoms with van der Waals surface area (Å²) in [6.07, 6.45) is 3.15. The predicted molar refractivity (Wildman–Crippen MR) is 235 cm³/mol. The molecule has 57 heavy (non-hydrogen) atoms. The second-order valence-electron chi connectivity index (χ2n) is 15.4. The van der Waals surface area contributed by atoms with Gasteiger partial charge in [0.1, 0.15) is 0 Å². The molecule has 0 spiro atoms. The van der Waals surface area contributed by atoms with Crippen LogP contribution in [0, 0.1) is 6.92 Å². The van der Waals surface area contributed by atoms with Gasteiger partial charge in [0.2, 0.25) is 0 Å². The zero-order valence-electron chi connectivity index (χ0n) is 31.8. The number of nitrogens with zero attached hydrogens (tertiary/aromatic N) is 4. The lowest BCUT2D eigenvalue weighted by Crippen LogP contribution is -2.15. The molecule has 4 heteroatoms. The summed E-state index contributed by atoms with van der Waals surface area (Å²) in [5.41, 5.74) is 16.7. The Morgan fingerprint density at radius 1 is 0.474 bits per heavy atom. The highest BCUT2D eigenvalue weighted by atomic mass is 15.0. The zero-order chi connectivity index (χ0) is 37.9. The van der Waals surface area contributed by atoms with Crippen molar-refractivity contribution >= 4 is 32.7 Å². The highest BCUT2D eigenvalue weighted by molar-refractivity contribution is 6.09. The quantitative estimate of drug-likeness (QED) is 0.171. The summed E-state index contributed by atoms with van der Waals surface area (Å²) in [5, 5.41) is 3.95. The molecule has 0 N–H and O–H groups in total. The van der Waals surface area contributed by atoms with Crippen molar-refractivity contribution in [3.8, 4) is 45.3 Å². The number of hydrogen-bond donors (Lipinski definition) is 0. The molecular formula is C53H40N4. The minimum Gasteiger partial charge on any atom is -0.313 e. The predicted octanol–water partition coefficient (Wildman–Crippen LogP) is 13.1. The van der Waals surface area contributed by atoms with Gasteiger partial charge in [0.15, 0.2) is 5.82 Å². The van der Waals surface area contributed by atoms with Gasteiger partial charge in [0.25, 0.3) is 0 Å². The number of aryl methyl sites for hydroxylation is 2. The summed E-state index contributed by atoms with van der Waals surface area (Å²) in [5.74, 6) is 1.12. The van der Waals surface area contributed by atoms with Gasteiger partial charge in [-0.15, -0.1) is 0 Å². The second kappa shape index (κ2) is 13.6. The number of benzene rings is 7. The van der Waals surface area contributed by atoms with Gasteiger partial charge in [-0.05, 0) is 104 Å². The Kier molecular flexibility index (Phi) is 7.95. The summed E-state index contributed by atoms with van der Waals surface area (Å²) in [4.78, 5) is 10.2. The van der Waals surface area contributed by atoms with E-state index < -0.39 is 0 Å². The van der Waals surface area contributed by atoms with Crippen LogP contribution in [-0.2, 0) is 12.8 Å². The number of aromatic nitrogens is 4. The van der Waals surface area contributed by atoms with Gasteiger partial charge in [-0.2, -0.15) is 0 Å². The van der Waals surface area contributed by atoms with Crippen molar-refractivity contribution in [3.63, 3.8) is 0 Å². The fourth-order valence-electron chi connectivity index (χ4n) is 9.15. The normalized spacial score (nSPS) is 14.0. The molecule has 7 aromatic carbocycles. The van der Waals surface area contributed by atoms with E-state index in [1.54, 1.807) is 0 Å². The van der Waals surface area contributed by atoms with E-state index in [0.717, 1.165) is 58.9 Å². The molecule has 272 valence electrons. The topological polar surface area (TPSA) is 35.6 Å². The molecule has 1 unspecified atom stereocenters. The van der Waals surface area contributed by atoms with Crippen LogP contribution in [0.1, 0.15) is 34.7 Å². The monoisotopic (exact) mass is 732 g/mol. The number of hydrogen-bond acceptors (Lipinski definition) is 2. The third-order valence-electron chi connectivity index (χ3n) is 12.0. The lowest BCUT2D eigenvalue weighted by atomic mass is 9.82. The Bertz CT molecular complexity index is 3020. The molecule has 0 radical (unpaired) electrons. The minimum atomic E-state index is 0.402. The van der Waals surface area contributed by atoms with Crippen molar-refractivity contribution in [3.05, 3.63) is 204 Å². The van der Waals surface area contributed by atoms with Crippen LogP contribution < -0.4 is 0 Å². The van der Waals surface area contributed by atoms with Crippen LogP contribution in [0.2, 0.25) is 0 Å². The smallest absolute Gasteiger partial charge is 0.160 e. The molecule has 1 atom stereocenters. The van der Waals surface area contributed by atoms with E-state index in [-0.39, 0.29) is 0 Å². The molecule has 0 fully saturated rings. The maximum Gasteiger partial charge on any atom is 0.160 e. The molecule has 1 aliphatic rings. The fourth-order valence-corrected chi connectivity index (χ4v) is 9.15. The molecule has 4 nitrogen and oxygen atoms in total. The minimum absolute atomic E-state index is 0.402. The van der Waals surface area contributed by atoms with E-state index in [0.29, 0.717) is 5.92 Å². The Morgan fingerprint density at radius 3 is 1.72 bits per heavy atom. The van der Waals surface area contributed by atoms with Crippen LogP contribution in [0.15, 0.2) is 182 Å². The number of fused-ring (bicyclic) bond motifs is 6. The lowest BCUT2D eigenvalue weighted by Gasteiger charge is -2.25. The molecule has 3 heterocycles. The van der Waals surface area contributed by atoms with E-state index in [4.69, 9.17) is 9.97 Å². The fraction of sp³-hybridized carbons (Fsp3) is 0.0943. The maximum absolute atomic E-state index is 5.10. The molecule has 0 bridgehead atoms. The zero-order valence-corrected chi connectivity index (χ0v) is 31.8. The first-order valence-electron chi connectivity index (χ1n) is 20.0. The molecule has 0 amide bonds. The first-order chi connectivity index (χ1) is 28.2. The van der Waals surface area contributed by atoms with Crippen LogP contribution in [0.5, 0.6) is 0 Å². The van der Waals surface area contributed by atoms with Crippen molar-refractivity contribution in [2.75, 3.05) is 0 Å². The molecule has 0 saturated heterocycles. The first kappa shape index (κ1) is 33.3. The van der Waals surface area contributed by atoms with Crippen molar-refractivity contribution < 1.29 is 0 Å². The Labute approximate surface area is 332 Å². The highest BCUT2D eigenvalue weighted by Gasteiger charge is 2.28. The highest BCUT2D eigenvalue weighted by Crippen LogP contribution is 2.42. The summed E-state index contributed by atoms with van der Waals surface area (Å²) in [6, 6.07) is 65.6. The van der Waals surface area contributed by atoms with E-state index in [1.807, 2.05) is 12.1 Å².